The number of aryl methyl sites for hydroxylation is 1. The lowest BCUT2D eigenvalue weighted by Crippen LogP contribution is -2.06. The lowest BCUT2D eigenvalue weighted by atomic mass is 10.1. The highest BCUT2D eigenvalue weighted by Crippen LogP contribution is 2.29. The highest BCUT2D eigenvalue weighted by atomic mass is 32.1. The number of nitrogens with zero attached hydrogens (tertiary/aromatic N) is 1. The molecule has 114 valence electrons. The number of aromatic nitrogens is 1. The van der Waals surface area contributed by atoms with Crippen LogP contribution in [0.5, 0.6) is 5.75 Å². The van der Waals surface area contributed by atoms with Crippen molar-refractivity contribution in [2.24, 2.45) is 5.73 Å². The fourth-order valence-electron chi connectivity index (χ4n) is 2.20. The van der Waals surface area contributed by atoms with E-state index >= 15 is 0 Å². The maximum Gasteiger partial charge on any atom is 0.119 e. The fraction of sp³-hybridized carbons (Fsp3) is 0.471. The predicted octanol–water partition coefficient (Wildman–Crippen LogP) is 4.22. The van der Waals surface area contributed by atoms with Crippen LogP contribution < -0.4 is 10.5 Å². The minimum atomic E-state index is 0.0475. The van der Waals surface area contributed by atoms with Gasteiger partial charge in [0.1, 0.15) is 5.75 Å². The Morgan fingerprint density at radius 1 is 1.29 bits per heavy atom. The van der Waals surface area contributed by atoms with Gasteiger partial charge in [-0.2, -0.15) is 0 Å². The van der Waals surface area contributed by atoms with Gasteiger partial charge in [0.25, 0.3) is 0 Å². The summed E-state index contributed by atoms with van der Waals surface area (Å²) in [6, 6.07) is 8.17. The van der Waals surface area contributed by atoms with Gasteiger partial charge < -0.3 is 10.5 Å². The van der Waals surface area contributed by atoms with E-state index in [-0.39, 0.29) is 6.04 Å². The maximum absolute atomic E-state index is 6.04. The summed E-state index contributed by atoms with van der Waals surface area (Å²) in [6.45, 7) is 9.05. The summed E-state index contributed by atoms with van der Waals surface area (Å²) in [5.41, 5.74) is 8.39. The standard InChI is InChI=1S/C17H24N2OS/c1-11(2)16-17(13(4)18)21-15(19-16)8-9-20-14-7-5-6-12(3)10-14/h5-7,10-11,13H,8-9,18H2,1-4H3. The van der Waals surface area contributed by atoms with Crippen LogP contribution in [0, 0.1) is 6.92 Å². The Bertz CT molecular complexity index is 565. The lowest BCUT2D eigenvalue weighted by molar-refractivity contribution is 0.321. The molecule has 1 aromatic carbocycles. The predicted molar refractivity (Wildman–Crippen MR) is 89.2 cm³/mol. The zero-order valence-electron chi connectivity index (χ0n) is 13.2. The molecule has 2 rings (SSSR count). The molecule has 0 saturated heterocycles. The number of benzene rings is 1. The van der Waals surface area contributed by atoms with Gasteiger partial charge in [0.15, 0.2) is 0 Å². The Labute approximate surface area is 131 Å². The number of hydrogen-bond acceptors (Lipinski definition) is 4. The zero-order chi connectivity index (χ0) is 15.4. The molecular formula is C17H24N2OS. The SMILES string of the molecule is Cc1cccc(OCCc2nc(C(C)C)c(C(C)N)s2)c1. The fourth-order valence-corrected chi connectivity index (χ4v) is 3.35. The highest BCUT2D eigenvalue weighted by molar-refractivity contribution is 7.11. The molecule has 0 aliphatic carbocycles. The van der Waals surface area contributed by atoms with Gasteiger partial charge in [0, 0.05) is 17.3 Å². The van der Waals surface area contributed by atoms with E-state index < -0.39 is 0 Å². The monoisotopic (exact) mass is 304 g/mol. The smallest absolute Gasteiger partial charge is 0.119 e. The summed E-state index contributed by atoms with van der Waals surface area (Å²) < 4.78 is 5.80. The Hall–Kier alpha value is -1.39. The first-order valence-electron chi connectivity index (χ1n) is 7.42. The van der Waals surface area contributed by atoms with Crippen LogP contribution in [0.25, 0.3) is 0 Å². The first kappa shape index (κ1) is 16.0. The third-order valence-electron chi connectivity index (χ3n) is 3.26. The van der Waals surface area contributed by atoms with Gasteiger partial charge in [0.05, 0.1) is 17.3 Å². The van der Waals surface area contributed by atoms with Gasteiger partial charge in [0.2, 0.25) is 0 Å². The van der Waals surface area contributed by atoms with E-state index in [2.05, 4.69) is 32.9 Å². The molecule has 21 heavy (non-hydrogen) atoms. The quantitative estimate of drug-likeness (QED) is 0.869. The molecule has 1 aromatic heterocycles. The third kappa shape index (κ3) is 4.29. The molecule has 0 bridgehead atoms. The molecule has 1 heterocycles. The minimum Gasteiger partial charge on any atom is -0.493 e. The number of hydrogen-bond donors (Lipinski definition) is 1. The van der Waals surface area contributed by atoms with Crippen LogP contribution in [0.2, 0.25) is 0 Å². The van der Waals surface area contributed by atoms with Crippen LogP contribution in [0.1, 0.15) is 53.9 Å². The molecule has 1 atom stereocenters. The van der Waals surface area contributed by atoms with Crippen molar-refractivity contribution >= 4 is 11.3 Å². The van der Waals surface area contributed by atoms with Crippen LogP contribution in [-0.2, 0) is 6.42 Å². The molecule has 2 N–H and O–H groups in total. The Morgan fingerprint density at radius 3 is 2.62 bits per heavy atom. The Kier molecular flexibility index (Phi) is 5.37. The average molecular weight is 304 g/mol. The second-order valence-electron chi connectivity index (χ2n) is 5.72. The molecule has 4 heteroatoms. The normalized spacial score (nSPS) is 12.7. The van der Waals surface area contributed by atoms with Crippen LogP contribution in [0.4, 0.5) is 0 Å². The van der Waals surface area contributed by atoms with E-state index in [1.54, 1.807) is 11.3 Å². The van der Waals surface area contributed by atoms with Gasteiger partial charge in [-0.25, -0.2) is 4.98 Å². The molecule has 2 aromatic rings. The van der Waals surface area contributed by atoms with Crippen molar-refractivity contribution in [3.63, 3.8) is 0 Å². The summed E-state index contributed by atoms with van der Waals surface area (Å²) in [5.74, 6) is 1.33. The second-order valence-corrected chi connectivity index (χ2v) is 6.83. The molecule has 0 radical (unpaired) electrons. The minimum absolute atomic E-state index is 0.0475. The summed E-state index contributed by atoms with van der Waals surface area (Å²) in [4.78, 5) is 5.94. The number of thiazole rings is 1. The van der Waals surface area contributed by atoms with Crippen LogP contribution >= 0.6 is 11.3 Å². The molecule has 0 amide bonds. The van der Waals surface area contributed by atoms with Crippen molar-refractivity contribution < 1.29 is 4.74 Å². The van der Waals surface area contributed by atoms with E-state index in [0.717, 1.165) is 22.9 Å². The summed E-state index contributed by atoms with van der Waals surface area (Å²) >= 11 is 1.72. The number of rotatable bonds is 6. The average Bonchev–Trinajstić information content (AvgIpc) is 2.83. The lowest BCUT2D eigenvalue weighted by Gasteiger charge is -2.07. The zero-order valence-corrected chi connectivity index (χ0v) is 14.0. The van der Waals surface area contributed by atoms with Gasteiger partial charge in [-0.05, 0) is 37.5 Å². The van der Waals surface area contributed by atoms with Crippen molar-refractivity contribution in [1.82, 2.24) is 4.98 Å². The Balaban J connectivity index is 1.99. The maximum atomic E-state index is 6.04. The molecule has 3 nitrogen and oxygen atoms in total. The van der Waals surface area contributed by atoms with Crippen molar-refractivity contribution in [2.75, 3.05) is 6.61 Å². The largest absolute Gasteiger partial charge is 0.493 e. The molecule has 1 unspecified atom stereocenters. The van der Waals surface area contributed by atoms with E-state index in [9.17, 15) is 0 Å². The summed E-state index contributed by atoms with van der Waals surface area (Å²) in [7, 11) is 0. The van der Waals surface area contributed by atoms with Crippen LogP contribution in [-0.4, -0.2) is 11.6 Å². The van der Waals surface area contributed by atoms with E-state index in [4.69, 9.17) is 15.5 Å². The van der Waals surface area contributed by atoms with Gasteiger partial charge >= 0.3 is 0 Å². The Morgan fingerprint density at radius 2 is 2.05 bits per heavy atom. The number of ether oxygens (including phenoxy) is 1. The molecule has 0 spiro atoms. The van der Waals surface area contributed by atoms with E-state index in [0.29, 0.717) is 12.5 Å². The second kappa shape index (κ2) is 7.05. The van der Waals surface area contributed by atoms with Crippen molar-refractivity contribution in [1.29, 1.82) is 0 Å². The summed E-state index contributed by atoms with van der Waals surface area (Å²) in [6.07, 6.45) is 0.824. The topological polar surface area (TPSA) is 48.1 Å². The molecule has 0 saturated carbocycles. The van der Waals surface area contributed by atoms with Crippen molar-refractivity contribution in [3.8, 4) is 5.75 Å². The molecule has 0 aliphatic rings. The van der Waals surface area contributed by atoms with Gasteiger partial charge in [-0.1, -0.05) is 26.0 Å². The highest BCUT2D eigenvalue weighted by Gasteiger charge is 2.16. The third-order valence-corrected chi connectivity index (χ3v) is 4.59. The van der Waals surface area contributed by atoms with Crippen LogP contribution in [0.3, 0.4) is 0 Å². The molecule has 0 aliphatic heterocycles. The first-order chi connectivity index (χ1) is 9.97. The van der Waals surface area contributed by atoms with Gasteiger partial charge in [-0.15, -0.1) is 11.3 Å². The molecule has 0 fully saturated rings. The number of nitrogens with two attached hydrogens (primary N) is 1. The van der Waals surface area contributed by atoms with E-state index in [1.807, 2.05) is 19.1 Å². The van der Waals surface area contributed by atoms with Crippen LogP contribution in [0.15, 0.2) is 24.3 Å². The van der Waals surface area contributed by atoms with E-state index in [1.165, 1.54) is 10.4 Å². The van der Waals surface area contributed by atoms with Crippen molar-refractivity contribution in [2.45, 2.75) is 46.1 Å². The summed E-state index contributed by atoms with van der Waals surface area (Å²) in [5, 5.41) is 1.11. The first-order valence-corrected chi connectivity index (χ1v) is 8.23. The van der Waals surface area contributed by atoms with Gasteiger partial charge in [-0.3, -0.25) is 0 Å². The molecular weight excluding hydrogens is 280 g/mol. The van der Waals surface area contributed by atoms with Crippen molar-refractivity contribution in [3.05, 3.63) is 45.4 Å².